The molecule has 0 aromatic rings. The van der Waals surface area contributed by atoms with Gasteiger partial charge in [-0.2, -0.15) is 0 Å². The Bertz CT molecular complexity index is 91.6. The topological polar surface area (TPSA) is 0 Å². The van der Waals surface area contributed by atoms with E-state index in [1.165, 1.54) is 0 Å². The van der Waals surface area contributed by atoms with Gasteiger partial charge in [-0.1, -0.05) is 6.58 Å². The third kappa shape index (κ3) is 6.40. The number of nitrogens with zero attached hydrogens (tertiary/aromatic N) is 1. The van der Waals surface area contributed by atoms with Crippen LogP contribution in [0.4, 0.5) is 0 Å². The van der Waals surface area contributed by atoms with Crippen LogP contribution in [0, 0.1) is 0 Å². The molecule has 0 radical (unpaired) electrons. The lowest BCUT2D eigenvalue weighted by Gasteiger charge is -2.26. The molecule has 0 fully saturated rings. The standard InChI is InChI=1S/C7H15ClN.ClH/c1-4-6-9(2,3)7-5-8;/h4H,1,5-7H2,2-3H3;1H/q+1;/p-1. The van der Waals surface area contributed by atoms with Gasteiger partial charge in [0, 0.05) is 0 Å². The van der Waals surface area contributed by atoms with E-state index in [1.807, 2.05) is 6.08 Å². The third-order valence-electron chi connectivity index (χ3n) is 1.31. The van der Waals surface area contributed by atoms with Crippen LogP contribution in [-0.2, 0) is 0 Å². The summed E-state index contributed by atoms with van der Waals surface area (Å²) in [5.41, 5.74) is 0. The molecule has 0 aliphatic rings. The van der Waals surface area contributed by atoms with E-state index in [4.69, 9.17) is 11.6 Å². The SMILES string of the molecule is C=CC[N+](C)(C)CCCl.[Cl-]. The summed E-state index contributed by atoms with van der Waals surface area (Å²) in [6, 6.07) is 0. The molecule has 3 heteroatoms. The van der Waals surface area contributed by atoms with Gasteiger partial charge in [0.2, 0.25) is 0 Å². The van der Waals surface area contributed by atoms with Crippen LogP contribution in [0.5, 0.6) is 0 Å². The second kappa shape index (κ2) is 6.02. The third-order valence-corrected chi connectivity index (χ3v) is 1.48. The summed E-state index contributed by atoms with van der Waals surface area (Å²) >= 11 is 5.57. The van der Waals surface area contributed by atoms with Crippen LogP contribution in [0.3, 0.4) is 0 Å². The molecule has 0 saturated carbocycles. The van der Waals surface area contributed by atoms with Crippen molar-refractivity contribution >= 4 is 11.6 Å². The Hall–Kier alpha value is 0.280. The van der Waals surface area contributed by atoms with E-state index in [2.05, 4.69) is 20.7 Å². The summed E-state index contributed by atoms with van der Waals surface area (Å²) in [7, 11) is 4.29. The van der Waals surface area contributed by atoms with Crippen molar-refractivity contribution in [1.82, 2.24) is 0 Å². The molecule has 0 aromatic carbocycles. The highest BCUT2D eigenvalue weighted by Crippen LogP contribution is 1.96. The normalized spacial score (nSPS) is 10.3. The molecule has 0 heterocycles. The van der Waals surface area contributed by atoms with E-state index in [-0.39, 0.29) is 12.4 Å². The lowest BCUT2D eigenvalue weighted by Crippen LogP contribution is -3.00. The van der Waals surface area contributed by atoms with Crippen LogP contribution in [0.1, 0.15) is 0 Å². The van der Waals surface area contributed by atoms with Gasteiger partial charge in [-0.15, -0.1) is 11.6 Å². The molecule has 0 amide bonds. The quantitative estimate of drug-likeness (QED) is 0.283. The maximum absolute atomic E-state index is 5.57. The summed E-state index contributed by atoms with van der Waals surface area (Å²) in [6.45, 7) is 5.67. The molecule has 1 nitrogen and oxygen atoms in total. The van der Waals surface area contributed by atoms with E-state index < -0.39 is 0 Å². The Balaban J connectivity index is 0. The van der Waals surface area contributed by atoms with Crippen molar-refractivity contribution in [2.75, 3.05) is 33.1 Å². The van der Waals surface area contributed by atoms with Crippen molar-refractivity contribution in [3.05, 3.63) is 12.7 Å². The van der Waals surface area contributed by atoms with Crippen LogP contribution < -0.4 is 12.4 Å². The van der Waals surface area contributed by atoms with Crippen molar-refractivity contribution in [2.24, 2.45) is 0 Å². The first-order valence-electron chi connectivity index (χ1n) is 3.11. The minimum atomic E-state index is 0. The van der Waals surface area contributed by atoms with Gasteiger partial charge >= 0.3 is 0 Å². The second-order valence-corrected chi connectivity index (χ2v) is 3.20. The number of hydrogen-bond donors (Lipinski definition) is 0. The monoisotopic (exact) mass is 183 g/mol. The number of halogens is 2. The Labute approximate surface area is 74.7 Å². The van der Waals surface area contributed by atoms with E-state index in [0.717, 1.165) is 23.5 Å². The fourth-order valence-electron chi connectivity index (χ4n) is 0.670. The number of rotatable bonds is 4. The molecule has 0 bridgehead atoms. The molecule has 0 unspecified atom stereocenters. The first-order chi connectivity index (χ1) is 4.12. The lowest BCUT2D eigenvalue weighted by molar-refractivity contribution is -0.882. The molecule has 10 heavy (non-hydrogen) atoms. The summed E-state index contributed by atoms with van der Waals surface area (Å²) in [5, 5.41) is 0. The summed E-state index contributed by atoms with van der Waals surface area (Å²) in [4.78, 5) is 0. The van der Waals surface area contributed by atoms with Gasteiger partial charge < -0.3 is 16.9 Å². The summed E-state index contributed by atoms with van der Waals surface area (Å²) < 4.78 is 0.938. The van der Waals surface area contributed by atoms with Gasteiger partial charge in [0.15, 0.2) is 0 Å². The molecule has 0 aliphatic heterocycles. The predicted molar refractivity (Wildman–Crippen MR) is 42.8 cm³/mol. The van der Waals surface area contributed by atoms with Crippen LogP contribution >= 0.6 is 11.6 Å². The molecule has 0 rings (SSSR count). The Morgan fingerprint density at radius 3 is 2.30 bits per heavy atom. The van der Waals surface area contributed by atoms with Crippen LogP contribution in [0.25, 0.3) is 0 Å². The fraction of sp³-hybridized carbons (Fsp3) is 0.714. The largest absolute Gasteiger partial charge is 1.00 e. The average molecular weight is 184 g/mol. The van der Waals surface area contributed by atoms with Gasteiger partial charge in [0.05, 0.1) is 33.1 Å². The highest BCUT2D eigenvalue weighted by Gasteiger charge is 2.09. The van der Waals surface area contributed by atoms with Gasteiger partial charge in [-0.25, -0.2) is 0 Å². The zero-order chi connectivity index (χ0) is 7.33. The van der Waals surface area contributed by atoms with Gasteiger partial charge in [-0.3, -0.25) is 0 Å². The van der Waals surface area contributed by atoms with Crippen LogP contribution in [0.2, 0.25) is 0 Å². The van der Waals surface area contributed by atoms with Gasteiger partial charge in [-0.05, 0) is 6.08 Å². The highest BCUT2D eigenvalue weighted by atomic mass is 35.5. The Kier molecular flexibility index (Phi) is 7.77. The minimum absolute atomic E-state index is 0. The molecule has 0 aliphatic carbocycles. The van der Waals surface area contributed by atoms with Crippen LogP contribution in [0.15, 0.2) is 12.7 Å². The molecule has 62 valence electrons. The average Bonchev–Trinajstić information content (AvgIpc) is 1.64. The maximum Gasteiger partial charge on any atom is 0.0967 e. The van der Waals surface area contributed by atoms with Crippen molar-refractivity contribution in [2.45, 2.75) is 0 Å². The highest BCUT2D eigenvalue weighted by molar-refractivity contribution is 6.17. The van der Waals surface area contributed by atoms with Crippen molar-refractivity contribution < 1.29 is 16.9 Å². The fourth-order valence-corrected chi connectivity index (χ4v) is 1.13. The lowest BCUT2D eigenvalue weighted by atomic mass is 10.4. The molecular weight excluding hydrogens is 169 g/mol. The van der Waals surface area contributed by atoms with Gasteiger partial charge in [0.25, 0.3) is 0 Å². The van der Waals surface area contributed by atoms with Crippen LogP contribution in [-0.4, -0.2) is 37.5 Å². The van der Waals surface area contributed by atoms with E-state index in [0.29, 0.717) is 0 Å². The van der Waals surface area contributed by atoms with Gasteiger partial charge in [0.1, 0.15) is 0 Å². The first kappa shape index (κ1) is 12.9. The van der Waals surface area contributed by atoms with Crippen molar-refractivity contribution in [3.63, 3.8) is 0 Å². The molecule has 0 saturated heterocycles. The second-order valence-electron chi connectivity index (χ2n) is 2.82. The molecule has 0 aromatic heterocycles. The number of quaternary nitrogens is 1. The Morgan fingerprint density at radius 2 is 2.00 bits per heavy atom. The molecule has 0 atom stereocenters. The molecular formula is C7H15Cl2N. The van der Waals surface area contributed by atoms with E-state index >= 15 is 0 Å². The summed E-state index contributed by atoms with van der Waals surface area (Å²) in [6.07, 6.45) is 1.92. The van der Waals surface area contributed by atoms with E-state index in [9.17, 15) is 0 Å². The number of likely N-dealkylation sites (N-methyl/N-ethyl adjacent to an activating group) is 1. The molecule has 0 N–H and O–H groups in total. The van der Waals surface area contributed by atoms with E-state index in [1.54, 1.807) is 0 Å². The first-order valence-corrected chi connectivity index (χ1v) is 3.65. The smallest absolute Gasteiger partial charge is 0.0967 e. The zero-order valence-electron chi connectivity index (χ0n) is 6.61. The van der Waals surface area contributed by atoms with Crippen molar-refractivity contribution in [1.29, 1.82) is 0 Å². The minimum Gasteiger partial charge on any atom is -1.00 e. The molecule has 0 spiro atoms. The van der Waals surface area contributed by atoms with Crippen molar-refractivity contribution in [3.8, 4) is 0 Å². The zero-order valence-corrected chi connectivity index (χ0v) is 8.12. The number of alkyl halides is 1. The predicted octanol–water partition coefficient (Wildman–Crippen LogP) is -1.51. The Morgan fingerprint density at radius 1 is 1.50 bits per heavy atom. The summed E-state index contributed by atoms with van der Waals surface area (Å²) in [5.74, 6) is 0.723. The number of hydrogen-bond acceptors (Lipinski definition) is 0. The maximum atomic E-state index is 5.57.